The Morgan fingerprint density at radius 3 is 1.82 bits per heavy atom. The molecule has 0 unspecified atom stereocenters. The molecule has 15 heteroatoms. The van der Waals surface area contributed by atoms with E-state index in [-0.39, 0.29) is 19.4 Å². The van der Waals surface area contributed by atoms with Gasteiger partial charge in [-0.15, -0.1) is 0 Å². The number of rotatable bonds is 7. The summed E-state index contributed by atoms with van der Waals surface area (Å²) in [6, 6.07) is 0. The Balaban J connectivity index is 1.77. The first-order chi connectivity index (χ1) is 16.0. The second kappa shape index (κ2) is 11.2. The topological polar surface area (TPSA) is 265 Å². The van der Waals surface area contributed by atoms with E-state index in [4.69, 9.17) is 24.7 Å². The molecule has 0 radical (unpaired) electrons. The molecule has 3 rings (SSSR count). The van der Waals surface area contributed by atoms with Crippen LogP contribution in [0, 0.1) is 0 Å². The summed E-state index contributed by atoms with van der Waals surface area (Å²) in [5, 5.41) is 101. The summed E-state index contributed by atoms with van der Waals surface area (Å²) in [5.41, 5.74) is 3.99. The first kappa shape index (κ1) is 28.0. The van der Waals surface area contributed by atoms with Gasteiger partial charge in [0, 0.05) is 19.4 Å². The summed E-state index contributed by atoms with van der Waals surface area (Å²) in [6.07, 6.45) is -21.0. The molecule has 0 aromatic rings. The molecule has 0 amide bonds. The Morgan fingerprint density at radius 1 is 0.706 bits per heavy atom. The van der Waals surface area contributed by atoms with Gasteiger partial charge in [-0.1, -0.05) is 0 Å². The van der Waals surface area contributed by atoms with Crippen molar-refractivity contribution in [3.05, 3.63) is 0 Å². The average Bonchev–Trinajstić information content (AvgIpc) is 2.81. The van der Waals surface area contributed by atoms with Crippen molar-refractivity contribution < 1.29 is 70.0 Å². The van der Waals surface area contributed by atoms with Crippen molar-refractivity contribution in [1.29, 1.82) is 0 Å². The molecule has 200 valence electrons. The molecule has 2 aliphatic heterocycles. The number of aliphatic hydroxyl groups excluding tert-OH is 9. The highest BCUT2D eigenvalue weighted by molar-refractivity contribution is 4.99. The Labute approximate surface area is 194 Å². The van der Waals surface area contributed by atoms with Crippen molar-refractivity contribution in [3.63, 3.8) is 0 Å². The van der Waals surface area contributed by atoms with Crippen LogP contribution in [0.3, 0.4) is 0 Å². The second-order valence-corrected chi connectivity index (χ2v) is 9.07. The van der Waals surface area contributed by atoms with Gasteiger partial charge in [0.1, 0.15) is 54.9 Å². The minimum Gasteiger partial charge on any atom is -0.394 e. The van der Waals surface area contributed by atoms with Crippen molar-refractivity contribution in [2.75, 3.05) is 19.8 Å². The first-order valence-electron chi connectivity index (χ1n) is 11.0. The summed E-state index contributed by atoms with van der Waals surface area (Å²) in [7, 11) is 0. The zero-order valence-electron chi connectivity index (χ0n) is 18.2. The minimum absolute atomic E-state index is 0.209. The Bertz CT molecular complexity index is 658. The Hall–Kier alpha value is -0.600. The van der Waals surface area contributed by atoms with Crippen LogP contribution >= 0.6 is 0 Å². The molecule has 3 aliphatic rings. The monoisotopic (exact) mass is 501 g/mol. The summed E-state index contributed by atoms with van der Waals surface area (Å²) >= 11 is 0. The number of hydrogen-bond donors (Lipinski definition) is 11. The second-order valence-electron chi connectivity index (χ2n) is 9.07. The molecule has 14 atom stereocenters. The van der Waals surface area contributed by atoms with Gasteiger partial charge in [-0.05, 0) is 0 Å². The molecule has 12 N–H and O–H groups in total. The fourth-order valence-electron chi connectivity index (χ4n) is 4.46. The van der Waals surface area contributed by atoms with Crippen LogP contribution in [0.1, 0.15) is 12.8 Å². The number of aliphatic hydroxyl groups is 10. The van der Waals surface area contributed by atoms with Gasteiger partial charge in [0.25, 0.3) is 0 Å². The molecule has 0 aromatic carbocycles. The lowest BCUT2D eigenvalue weighted by Crippen LogP contribution is -2.65. The predicted octanol–water partition coefficient (Wildman–Crippen LogP) is -6.80. The van der Waals surface area contributed by atoms with E-state index >= 15 is 0 Å². The Kier molecular flexibility index (Phi) is 9.22. The predicted molar refractivity (Wildman–Crippen MR) is 107 cm³/mol. The van der Waals surface area contributed by atoms with E-state index in [9.17, 15) is 51.1 Å². The van der Waals surface area contributed by atoms with Crippen LogP contribution in [0.25, 0.3) is 0 Å². The minimum atomic E-state index is -1.83. The molecule has 0 spiro atoms. The van der Waals surface area contributed by atoms with Gasteiger partial charge in [0.15, 0.2) is 12.6 Å². The largest absolute Gasteiger partial charge is 0.394 e. The van der Waals surface area contributed by atoms with Crippen molar-refractivity contribution >= 4 is 0 Å². The van der Waals surface area contributed by atoms with Gasteiger partial charge in [0.05, 0.1) is 31.0 Å². The molecular weight excluding hydrogens is 466 g/mol. The van der Waals surface area contributed by atoms with E-state index in [1.807, 2.05) is 0 Å². The van der Waals surface area contributed by atoms with E-state index in [2.05, 4.69) is 0 Å². The number of hydrogen-bond acceptors (Lipinski definition) is 15. The molecule has 3 fully saturated rings. The lowest BCUT2D eigenvalue weighted by atomic mass is 9.79. The molecule has 15 nitrogen and oxygen atoms in total. The molecule has 34 heavy (non-hydrogen) atoms. The van der Waals surface area contributed by atoms with Crippen LogP contribution in [-0.2, 0) is 18.9 Å². The highest BCUT2D eigenvalue weighted by Crippen LogP contribution is 2.34. The summed E-state index contributed by atoms with van der Waals surface area (Å²) in [6.45, 7) is -1.74. The molecule has 1 saturated carbocycles. The highest BCUT2D eigenvalue weighted by atomic mass is 16.7. The third kappa shape index (κ3) is 5.54. The molecular formula is C19H35NO14. The molecule has 2 heterocycles. The van der Waals surface area contributed by atoms with E-state index in [1.54, 1.807) is 0 Å². The van der Waals surface area contributed by atoms with Crippen molar-refractivity contribution in [1.82, 2.24) is 0 Å². The smallest absolute Gasteiger partial charge is 0.187 e. The number of ether oxygens (including phenoxy) is 4. The zero-order chi connectivity index (χ0) is 25.4. The maximum absolute atomic E-state index is 10.8. The van der Waals surface area contributed by atoms with Crippen LogP contribution in [0.15, 0.2) is 0 Å². The SMILES string of the molecule is NC[C@]1(O)C[C@@H](O)[C@@H](O)[C@H](O[C@@H]2O[C@H](CO)[C@H](O)[C@H](O[C@H]3O[C@H](CO)[C@H](O)[C@H](O)[C@H]3O)[C@H]2O)C1. The van der Waals surface area contributed by atoms with Crippen LogP contribution in [-0.4, -0.2) is 156 Å². The van der Waals surface area contributed by atoms with Crippen LogP contribution in [0.5, 0.6) is 0 Å². The van der Waals surface area contributed by atoms with Gasteiger partial charge in [-0.2, -0.15) is 0 Å². The van der Waals surface area contributed by atoms with E-state index < -0.39 is 98.5 Å². The summed E-state index contributed by atoms with van der Waals surface area (Å²) in [4.78, 5) is 0. The fourth-order valence-corrected chi connectivity index (χ4v) is 4.46. The average molecular weight is 501 g/mol. The maximum Gasteiger partial charge on any atom is 0.187 e. The van der Waals surface area contributed by atoms with Gasteiger partial charge < -0.3 is 75.7 Å². The maximum atomic E-state index is 10.8. The normalized spacial score (nSPS) is 52.5. The summed E-state index contributed by atoms with van der Waals surface area (Å²) < 4.78 is 21.7. The van der Waals surface area contributed by atoms with Crippen molar-refractivity contribution in [2.45, 2.75) is 98.2 Å². The van der Waals surface area contributed by atoms with Gasteiger partial charge in [0.2, 0.25) is 0 Å². The van der Waals surface area contributed by atoms with Gasteiger partial charge in [-0.25, -0.2) is 0 Å². The van der Waals surface area contributed by atoms with E-state index in [0.717, 1.165) is 0 Å². The highest BCUT2D eigenvalue weighted by Gasteiger charge is 2.53. The van der Waals surface area contributed by atoms with Crippen molar-refractivity contribution in [3.8, 4) is 0 Å². The molecule has 0 bridgehead atoms. The van der Waals surface area contributed by atoms with Crippen LogP contribution in [0.2, 0.25) is 0 Å². The summed E-state index contributed by atoms with van der Waals surface area (Å²) in [5.74, 6) is 0. The molecule has 1 aliphatic carbocycles. The first-order valence-corrected chi connectivity index (χ1v) is 11.0. The third-order valence-corrected chi connectivity index (χ3v) is 6.60. The van der Waals surface area contributed by atoms with Gasteiger partial charge in [-0.3, -0.25) is 0 Å². The van der Waals surface area contributed by atoms with Crippen LogP contribution in [0.4, 0.5) is 0 Å². The van der Waals surface area contributed by atoms with Gasteiger partial charge >= 0.3 is 0 Å². The van der Waals surface area contributed by atoms with E-state index in [1.165, 1.54) is 0 Å². The zero-order valence-corrected chi connectivity index (χ0v) is 18.2. The molecule has 0 aromatic heterocycles. The van der Waals surface area contributed by atoms with E-state index in [0.29, 0.717) is 0 Å². The number of nitrogens with two attached hydrogens (primary N) is 1. The van der Waals surface area contributed by atoms with Crippen LogP contribution < -0.4 is 5.73 Å². The Morgan fingerprint density at radius 2 is 1.26 bits per heavy atom. The quantitative estimate of drug-likeness (QED) is 0.155. The standard InChI is InChI=1S/C19H35NO14/c20-5-19(30)1-6(23)10(24)7(2-19)31-18-15(29)16(12(26)9(4-22)33-18)34-17-14(28)13(27)11(25)8(3-21)32-17/h6-18,21-30H,1-5,20H2/t6-,7-,8-,9-,10-,11+,12+,13+,14-,15-,16+,17-,18-,19+/m1/s1. The van der Waals surface area contributed by atoms with Crippen molar-refractivity contribution in [2.24, 2.45) is 5.73 Å². The fraction of sp³-hybridized carbons (Fsp3) is 1.00. The lowest BCUT2D eigenvalue weighted by molar-refractivity contribution is -0.368. The third-order valence-electron chi connectivity index (χ3n) is 6.60. The molecule has 2 saturated heterocycles. The lowest BCUT2D eigenvalue weighted by Gasteiger charge is -2.48.